The second-order valence-electron chi connectivity index (χ2n) is 4.83. The summed E-state index contributed by atoms with van der Waals surface area (Å²) in [6, 6.07) is 0.319. The predicted octanol–water partition coefficient (Wildman–Crippen LogP) is 3.10. The van der Waals surface area contributed by atoms with Crippen molar-refractivity contribution in [2.24, 2.45) is 5.92 Å². The third-order valence-electron chi connectivity index (χ3n) is 3.59. The monoisotopic (exact) mass is 268 g/mol. The van der Waals surface area contributed by atoms with E-state index in [1.54, 1.807) is 12.4 Å². The van der Waals surface area contributed by atoms with Crippen LogP contribution in [0.2, 0.25) is 5.02 Å². The molecule has 0 unspecified atom stereocenters. The molecule has 1 aliphatic rings. The Morgan fingerprint density at radius 3 is 2.67 bits per heavy atom. The molecule has 0 saturated heterocycles. The second kappa shape index (κ2) is 5.57. The minimum atomic E-state index is -0.672. The number of aliphatic carboxylic acids is 1. The Morgan fingerprint density at radius 2 is 2.06 bits per heavy atom. The Labute approximate surface area is 111 Å². The largest absolute Gasteiger partial charge is 0.481 e. The van der Waals surface area contributed by atoms with E-state index in [1.165, 1.54) is 0 Å². The van der Waals surface area contributed by atoms with E-state index >= 15 is 0 Å². The lowest BCUT2D eigenvalue weighted by Gasteiger charge is -2.28. The van der Waals surface area contributed by atoms with Crippen LogP contribution in [0.3, 0.4) is 0 Å². The number of hydrogen-bond acceptors (Lipinski definition) is 3. The Hall–Kier alpha value is -1.29. The molecule has 4 nitrogen and oxygen atoms in total. The highest BCUT2D eigenvalue weighted by Gasteiger charge is 2.26. The molecule has 1 aromatic heterocycles. The number of carboxylic acid groups (broad SMARTS) is 1. The van der Waals surface area contributed by atoms with Crippen molar-refractivity contribution in [3.05, 3.63) is 23.0 Å². The molecule has 1 aliphatic carbocycles. The number of hydrogen-bond donors (Lipinski definition) is 2. The first-order valence-electron chi connectivity index (χ1n) is 6.17. The van der Waals surface area contributed by atoms with Gasteiger partial charge in [0.1, 0.15) is 0 Å². The molecule has 98 valence electrons. The number of anilines is 1. The first kappa shape index (κ1) is 13.1. The molecule has 5 heteroatoms. The van der Waals surface area contributed by atoms with E-state index in [0.29, 0.717) is 11.1 Å². The van der Waals surface area contributed by atoms with E-state index in [0.717, 1.165) is 36.9 Å². The van der Waals surface area contributed by atoms with Crippen molar-refractivity contribution in [2.75, 3.05) is 5.32 Å². The topological polar surface area (TPSA) is 62.2 Å². The first-order chi connectivity index (χ1) is 8.58. The molecule has 2 N–H and O–H groups in total. The summed E-state index contributed by atoms with van der Waals surface area (Å²) in [5, 5.41) is 13.0. The molecular formula is C13H17ClN2O2. The standard InChI is InChI=1S/C13H17ClN2O2/c1-8-11(14)6-15-7-12(8)16-10-4-2-9(3-5-10)13(17)18/h6-7,9-10,16H,2-5H2,1H3,(H,17,18). The van der Waals surface area contributed by atoms with Crippen LogP contribution in [-0.2, 0) is 4.79 Å². The van der Waals surface area contributed by atoms with Gasteiger partial charge in [0.2, 0.25) is 0 Å². The molecule has 1 aromatic rings. The minimum Gasteiger partial charge on any atom is -0.481 e. The number of aromatic nitrogens is 1. The maximum atomic E-state index is 10.9. The van der Waals surface area contributed by atoms with Crippen LogP contribution < -0.4 is 5.32 Å². The Bertz CT molecular complexity index is 443. The minimum absolute atomic E-state index is 0.179. The van der Waals surface area contributed by atoms with Crippen LogP contribution in [0.15, 0.2) is 12.4 Å². The van der Waals surface area contributed by atoms with Gasteiger partial charge >= 0.3 is 5.97 Å². The number of nitrogens with one attached hydrogen (secondary N) is 1. The normalized spacial score (nSPS) is 23.7. The number of halogens is 1. The van der Waals surface area contributed by atoms with E-state index in [9.17, 15) is 4.79 Å². The van der Waals surface area contributed by atoms with Crippen LogP contribution in [0.25, 0.3) is 0 Å². The van der Waals surface area contributed by atoms with E-state index in [-0.39, 0.29) is 5.92 Å². The van der Waals surface area contributed by atoms with Crippen LogP contribution in [0, 0.1) is 12.8 Å². The fourth-order valence-electron chi connectivity index (χ4n) is 2.35. The zero-order chi connectivity index (χ0) is 13.1. The highest BCUT2D eigenvalue weighted by atomic mass is 35.5. The van der Waals surface area contributed by atoms with E-state index in [2.05, 4.69) is 10.3 Å². The summed E-state index contributed by atoms with van der Waals surface area (Å²) in [6.07, 6.45) is 6.62. The average molecular weight is 269 g/mol. The summed E-state index contributed by atoms with van der Waals surface area (Å²) in [4.78, 5) is 14.9. The maximum Gasteiger partial charge on any atom is 0.306 e. The van der Waals surface area contributed by atoms with Gasteiger partial charge in [0.25, 0.3) is 0 Å². The van der Waals surface area contributed by atoms with Gasteiger partial charge in [-0.3, -0.25) is 9.78 Å². The van der Waals surface area contributed by atoms with Crippen molar-refractivity contribution in [2.45, 2.75) is 38.6 Å². The molecule has 18 heavy (non-hydrogen) atoms. The molecule has 2 rings (SSSR count). The molecule has 0 aliphatic heterocycles. The smallest absolute Gasteiger partial charge is 0.306 e. The van der Waals surface area contributed by atoms with Gasteiger partial charge in [-0.1, -0.05) is 11.6 Å². The quantitative estimate of drug-likeness (QED) is 0.884. The summed E-state index contributed by atoms with van der Waals surface area (Å²) in [5.74, 6) is -0.851. The molecular weight excluding hydrogens is 252 g/mol. The van der Waals surface area contributed by atoms with Gasteiger partial charge < -0.3 is 10.4 Å². The van der Waals surface area contributed by atoms with Gasteiger partial charge in [-0.15, -0.1) is 0 Å². The molecule has 0 radical (unpaired) electrons. The second-order valence-corrected chi connectivity index (χ2v) is 5.23. The third kappa shape index (κ3) is 2.93. The van der Waals surface area contributed by atoms with Crippen LogP contribution in [0.1, 0.15) is 31.2 Å². The summed E-state index contributed by atoms with van der Waals surface area (Å²) >= 11 is 6.02. The summed E-state index contributed by atoms with van der Waals surface area (Å²) < 4.78 is 0. The average Bonchev–Trinajstić information content (AvgIpc) is 2.36. The van der Waals surface area contributed by atoms with Gasteiger partial charge in [0, 0.05) is 12.2 Å². The number of pyridine rings is 1. The van der Waals surface area contributed by atoms with E-state index in [4.69, 9.17) is 16.7 Å². The lowest BCUT2D eigenvalue weighted by molar-refractivity contribution is -0.142. The van der Waals surface area contributed by atoms with Crippen LogP contribution >= 0.6 is 11.6 Å². The number of nitrogens with zero attached hydrogens (tertiary/aromatic N) is 1. The molecule has 0 atom stereocenters. The van der Waals surface area contributed by atoms with Gasteiger partial charge in [0.15, 0.2) is 0 Å². The van der Waals surface area contributed by atoms with Crippen molar-refractivity contribution < 1.29 is 9.90 Å². The molecule has 0 bridgehead atoms. The Balaban J connectivity index is 1.96. The zero-order valence-electron chi connectivity index (χ0n) is 10.3. The third-order valence-corrected chi connectivity index (χ3v) is 3.97. The van der Waals surface area contributed by atoms with Crippen LogP contribution in [0.4, 0.5) is 5.69 Å². The molecule has 1 fully saturated rings. The van der Waals surface area contributed by atoms with E-state index in [1.807, 2.05) is 6.92 Å². The number of rotatable bonds is 3. The highest BCUT2D eigenvalue weighted by molar-refractivity contribution is 6.31. The summed E-state index contributed by atoms with van der Waals surface area (Å²) in [7, 11) is 0. The highest BCUT2D eigenvalue weighted by Crippen LogP contribution is 2.29. The van der Waals surface area contributed by atoms with Gasteiger partial charge in [-0.05, 0) is 38.2 Å². The van der Waals surface area contributed by atoms with Gasteiger partial charge in [-0.2, -0.15) is 0 Å². The van der Waals surface area contributed by atoms with Crippen molar-refractivity contribution in [3.63, 3.8) is 0 Å². The number of carboxylic acids is 1. The lowest BCUT2D eigenvalue weighted by atomic mass is 9.86. The molecule has 0 amide bonds. The van der Waals surface area contributed by atoms with Crippen molar-refractivity contribution in [1.82, 2.24) is 4.98 Å². The fourth-order valence-corrected chi connectivity index (χ4v) is 2.51. The van der Waals surface area contributed by atoms with Crippen LogP contribution in [0.5, 0.6) is 0 Å². The molecule has 0 spiro atoms. The van der Waals surface area contributed by atoms with Gasteiger partial charge in [0.05, 0.1) is 22.8 Å². The first-order valence-corrected chi connectivity index (χ1v) is 6.55. The molecule has 0 aromatic carbocycles. The van der Waals surface area contributed by atoms with Crippen LogP contribution in [-0.4, -0.2) is 22.1 Å². The predicted molar refractivity (Wildman–Crippen MR) is 71.0 cm³/mol. The fraction of sp³-hybridized carbons (Fsp3) is 0.538. The maximum absolute atomic E-state index is 10.9. The van der Waals surface area contributed by atoms with Crippen molar-refractivity contribution in [3.8, 4) is 0 Å². The summed E-state index contributed by atoms with van der Waals surface area (Å²) in [5.41, 5.74) is 1.94. The Morgan fingerprint density at radius 1 is 1.39 bits per heavy atom. The summed E-state index contributed by atoms with van der Waals surface area (Å²) in [6.45, 7) is 1.95. The van der Waals surface area contributed by atoms with Gasteiger partial charge in [-0.25, -0.2) is 0 Å². The molecule has 1 saturated carbocycles. The SMILES string of the molecule is Cc1c(Cl)cncc1NC1CCC(C(=O)O)CC1. The zero-order valence-corrected chi connectivity index (χ0v) is 11.1. The van der Waals surface area contributed by atoms with Crippen molar-refractivity contribution >= 4 is 23.3 Å². The Kier molecular flexibility index (Phi) is 4.07. The van der Waals surface area contributed by atoms with Crippen molar-refractivity contribution in [1.29, 1.82) is 0 Å². The van der Waals surface area contributed by atoms with E-state index < -0.39 is 5.97 Å². The molecule has 1 heterocycles. The lowest BCUT2D eigenvalue weighted by Crippen LogP contribution is -2.29. The number of carbonyl (C=O) groups is 1.